The van der Waals surface area contributed by atoms with Crippen LogP contribution < -0.4 is 4.74 Å². The number of fused-ring (bicyclic) bond motifs is 1. The maximum Gasteiger partial charge on any atom is 0.248 e. The van der Waals surface area contributed by atoms with Gasteiger partial charge in [-0.15, -0.1) is 0 Å². The third-order valence-corrected chi connectivity index (χ3v) is 3.58. The molecular weight excluding hydrogens is 252 g/mol. The fourth-order valence-corrected chi connectivity index (χ4v) is 2.68. The summed E-state index contributed by atoms with van der Waals surface area (Å²) < 4.78 is 6.95. The number of hydrogen-bond acceptors (Lipinski definition) is 3. The number of methoxy groups -OCH3 is 1. The molecule has 0 aliphatic rings. The van der Waals surface area contributed by atoms with Crippen LogP contribution in [0.2, 0.25) is 0 Å². The summed E-state index contributed by atoms with van der Waals surface area (Å²) in [6.45, 7) is 4.13. The zero-order chi connectivity index (χ0) is 14.9. The molecule has 0 aliphatic carbocycles. The summed E-state index contributed by atoms with van der Waals surface area (Å²) in [5.74, 6) is 1.16. The molecule has 0 bridgehead atoms. The molecule has 0 saturated heterocycles. The summed E-state index contributed by atoms with van der Waals surface area (Å²) >= 11 is 0. The number of likely N-dealkylation sites (N-methyl/N-ethyl adjacent to an activating group) is 1. The van der Waals surface area contributed by atoms with Crippen molar-refractivity contribution in [2.45, 2.75) is 19.9 Å². The van der Waals surface area contributed by atoms with E-state index in [0.29, 0.717) is 0 Å². The van der Waals surface area contributed by atoms with E-state index in [1.807, 2.05) is 49.5 Å². The second kappa shape index (κ2) is 5.67. The standard InChI is InChI=1S/C16H22N2O2/c1-11(2)15(17(3)4)16(19)18-9-8-12-10-13(20-5)6-7-14(12)18/h6-11,15H,1-5H3/t15-/m1/s1. The second-order valence-electron chi connectivity index (χ2n) is 5.60. The Morgan fingerprint density at radius 1 is 1.25 bits per heavy atom. The molecule has 0 radical (unpaired) electrons. The van der Waals surface area contributed by atoms with Crippen molar-refractivity contribution in [2.24, 2.45) is 5.92 Å². The van der Waals surface area contributed by atoms with Crippen molar-refractivity contribution in [3.8, 4) is 5.75 Å². The highest BCUT2D eigenvalue weighted by Gasteiger charge is 2.26. The molecule has 2 rings (SSSR count). The van der Waals surface area contributed by atoms with Crippen LogP contribution in [0.5, 0.6) is 5.75 Å². The van der Waals surface area contributed by atoms with E-state index >= 15 is 0 Å². The molecule has 1 aromatic heterocycles. The molecule has 2 aromatic rings. The van der Waals surface area contributed by atoms with Crippen LogP contribution in [-0.2, 0) is 0 Å². The van der Waals surface area contributed by atoms with Gasteiger partial charge in [0.2, 0.25) is 5.91 Å². The van der Waals surface area contributed by atoms with Gasteiger partial charge in [-0.2, -0.15) is 0 Å². The average molecular weight is 274 g/mol. The van der Waals surface area contributed by atoms with Crippen LogP contribution in [0.3, 0.4) is 0 Å². The van der Waals surface area contributed by atoms with E-state index in [2.05, 4.69) is 13.8 Å². The van der Waals surface area contributed by atoms with E-state index in [4.69, 9.17) is 4.74 Å². The predicted molar refractivity (Wildman–Crippen MR) is 81.4 cm³/mol. The van der Waals surface area contributed by atoms with E-state index in [-0.39, 0.29) is 17.9 Å². The third-order valence-electron chi connectivity index (χ3n) is 3.58. The fraction of sp³-hybridized carbons (Fsp3) is 0.438. The van der Waals surface area contributed by atoms with Gasteiger partial charge in [-0.05, 0) is 44.3 Å². The molecule has 1 heterocycles. The first kappa shape index (κ1) is 14.6. The van der Waals surface area contributed by atoms with Crippen molar-refractivity contribution in [3.05, 3.63) is 30.5 Å². The number of hydrogen-bond donors (Lipinski definition) is 0. The Morgan fingerprint density at radius 3 is 2.50 bits per heavy atom. The normalized spacial score (nSPS) is 13.2. The van der Waals surface area contributed by atoms with Crippen molar-refractivity contribution in [3.63, 3.8) is 0 Å². The summed E-state index contributed by atoms with van der Waals surface area (Å²) in [5, 5.41) is 1.01. The van der Waals surface area contributed by atoms with Crippen LogP contribution in [0.4, 0.5) is 0 Å². The van der Waals surface area contributed by atoms with Gasteiger partial charge in [-0.1, -0.05) is 13.8 Å². The van der Waals surface area contributed by atoms with Gasteiger partial charge in [0.15, 0.2) is 0 Å². The van der Waals surface area contributed by atoms with Gasteiger partial charge in [0.1, 0.15) is 5.75 Å². The maximum absolute atomic E-state index is 12.7. The fourth-order valence-electron chi connectivity index (χ4n) is 2.68. The van der Waals surface area contributed by atoms with Gasteiger partial charge in [-0.25, -0.2) is 0 Å². The molecular formula is C16H22N2O2. The average Bonchev–Trinajstić information content (AvgIpc) is 2.80. The van der Waals surface area contributed by atoms with E-state index in [9.17, 15) is 4.79 Å². The summed E-state index contributed by atoms with van der Waals surface area (Å²) in [7, 11) is 5.53. The topological polar surface area (TPSA) is 34.5 Å². The van der Waals surface area contributed by atoms with Crippen LogP contribution in [0.25, 0.3) is 10.9 Å². The SMILES string of the molecule is COc1ccc2c(ccn2C(=O)[C@@H](C(C)C)N(C)C)c1. The van der Waals surface area contributed by atoms with Gasteiger partial charge >= 0.3 is 0 Å². The lowest BCUT2D eigenvalue weighted by Gasteiger charge is -2.26. The molecule has 0 spiro atoms. The van der Waals surface area contributed by atoms with Crippen LogP contribution >= 0.6 is 0 Å². The molecule has 0 unspecified atom stereocenters. The zero-order valence-electron chi connectivity index (χ0n) is 12.8. The minimum absolute atomic E-state index is 0.102. The zero-order valence-corrected chi connectivity index (χ0v) is 12.8. The molecule has 108 valence electrons. The van der Waals surface area contributed by atoms with E-state index in [0.717, 1.165) is 16.7 Å². The Hall–Kier alpha value is -1.81. The van der Waals surface area contributed by atoms with Crippen molar-refractivity contribution < 1.29 is 9.53 Å². The van der Waals surface area contributed by atoms with Gasteiger partial charge in [0.05, 0.1) is 18.7 Å². The van der Waals surface area contributed by atoms with Crippen LogP contribution in [0, 0.1) is 5.92 Å². The van der Waals surface area contributed by atoms with Crippen LogP contribution in [0.15, 0.2) is 30.5 Å². The molecule has 4 heteroatoms. The number of nitrogens with zero attached hydrogens (tertiary/aromatic N) is 2. The van der Waals surface area contributed by atoms with Gasteiger partial charge in [0, 0.05) is 11.6 Å². The summed E-state index contributed by atoms with van der Waals surface area (Å²) in [5.41, 5.74) is 0.920. The largest absolute Gasteiger partial charge is 0.497 e. The first-order valence-electron chi connectivity index (χ1n) is 6.81. The first-order chi connectivity index (χ1) is 9.45. The Kier molecular flexibility index (Phi) is 4.14. The number of rotatable bonds is 4. The Bertz CT molecular complexity index is 606. The molecule has 0 amide bonds. The lowest BCUT2D eigenvalue weighted by atomic mass is 10.0. The lowest BCUT2D eigenvalue weighted by Crippen LogP contribution is -2.42. The highest BCUT2D eigenvalue weighted by molar-refractivity contribution is 5.95. The summed E-state index contributed by atoms with van der Waals surface area (Å²) in [6.07, 6.45) is 1.84. The van der Waals surface area contributed by atoms with Gasteiger partial charge in [0.25, 0.3) is 0 Å². The molecule has 0 N–H and O–H groups in total. The molecule has 0 aliphatic heterocycles. The van der Waals surface area contributed by atoms with Crippen LogP contribution in [0.1, 0.15) is 18.6 Å². The lowest BCUT2D eigenvalue weighted by molar-refractivity contribution is 0.0743. The summed E-state index contributed by atoms with van der Waals surface area (Å²) in [4.78, 5) is 14.7. The quantitative estimate of drug-likeness (QED) is 0.860. The summed E-state index contributed by atoms with van der Waals surface area (Å²) in [6, 6.07) is 7.57. The molecule has 1 atom stereocenters. The van der Waals surface area contributed by atoms with E-state index < -0.39 is 0 Å². The Morgan fingerprint density at radius 2 is 1.95 bits per heavy atom. The van der Waals surface area contributed by atoms with Crippen molar-refractivity contribution in [2.75, 3.05) is 21.2 Å². The Balaban J connectivity index is 2.44. The Labute approximate surface area is 119 Å². The van der Waals surface area contributed by atoms with E-state index in [1.165, 1.54) is 0 Å². The molecule has 20 heavy (non-hydrogen) atoms. The maximum atomic E-state index is 12.7. The molecule has 0 saturated carbocycles. The van der Waals surface area contributed by atoms with Crippen molar-refractivity contribution >= 4 is 16.8 Å². The number of carbonyl (C=O) groups excluding carboxylic acids is 1. The number of benzene rings is 1. The van der Waals surface area contributed by atoms with Crippen LogP contribution in [-0.4, -0.2) is 42.6 Å². The third kappa shape index (κ3) is 2.56. The minimum atomic E-state index is -0.132. The predicted octanol–water partition coefficient (Wildman–Crippen LogP) is 2.88. The second-order valence-corrected chi connectivity index (χ2v) is 5.60. The number of aromatic nitrogens is 1. The number of carbonyl (C=O) groups is 1. The highest BCUT2D eigenvalue weighted by Crippen LogP contribution is 2.23. The van der Waals surface area contributed by atoms with Crippen molar-refractivity contribution in [1.29, 1.82) is 0 Å². The minimum Gasteiger partial charge on any atom is -0.497 e. The first-order valence-corrected chi connectivity index (χ1v) is 6.81. The van der Waals surface area contributed by atoms with Gasteiger partial charge in [-0.3, -0.25) is 14.3 Å². The van der Waals surface area contributed by atoms with Crippen molar-refractivity contribution in [1.82, 2.24) is 9.47 Å². The monoisotopic (exact) mass is 274 g/mol. The highest BCUT2D eigenvalue weighted by atomic mass is 16.5. The molecule has 1 aromatic carbocycles. The number of ether oxygens (including phenoxy) is 1. The smallest absolute Gasteiger partial charge is 0.248 e. The van der Waals surface area contributed by atoms with E-state index in [1.54, 1.807) is 11.7 Å². The molecule has 4 nitrogen and oxygen atoms in total. The van der Waals surface area contributed by atoms with Gasteiger partial charge < -0.3 is 4.74 Å². The molecule has 0 fully saturated rings.